The largest absolute Gasteiger partial charge is 0.416 e. The average Bonchev–Trinajstić information content (AvgIpc) is 3.23. The summed E-state index contributed by atoms with van der Waals surface area (Å²) in [5.74, 6) is -0.266. The zero-order valence-electron chi connectivity index (χ0n) is 21.8. The average molecular weight is 517 g/mol. The predicted octanol–water partition coefficient (Wildman–Crippen LogP) is 5.98. The Morgan fingerprint density at radius 1 is 0.946 bits per heavy atom. The van der Waals surface area contributed by atoms with Crippen molar-refractivity contribution in [2.45, 2.75) is 58.8 Å². The number of carbonyl (C=O) groups is 2. The zero-order chi connectivity index (χ0) is 27.2. The monoisotopic (exact) mass is 516 g/mol. The van der Waals surface area contributed by atoms with Gasteiger partial charge in [-0.1, -0.05) is 37.3 Å². The van der Waals surface area contributed by atoms with Crippen molar-refractivity contribution >= 4 is 22.8 Å². The molecule has 3 amide bonds. The Balaban J connectivity index is 1.80. The van der Waals surface area contributed by atoms with Crippen LogP contribution in [0.1, 0.15) is 50.8 Å². The maximum absolute atomic E-state index is 13.5. The Morgan fingerprint density at radius 3 is 2.24 bits per heavy atom. The van der Waals surface area contributed by atoms with Crippen molar-refractivity contribution in [2.24, 2.45) is 0 Å². The minimum atomic E-state index is -4.43. The number of urea groups is 1. The molecule has 37 heavy (non-hydrogen) atoms. The van der Waals surface area contributed by atoms with E-state index in [-0.39, 0.29) is 25.0 Å². The van der Waals surface area contributed by atoms with Crippen molar-refractivity contribution in [3.8, 4) is 0 Å². The number of aromatic amines is 1. The Bertz CT molecular complexity index is 1200. The smallest absolute Gasteiger partial charge is 0.361 e. The highest BCUT2D eigenvalue weighted by molar-refractivity contribution is 5.85. The lowest BCUT2D eigenvalue weighted by atomic mass is 10.1. The molecule has 3 aromatic rings. The van der Waals surface area contributed by atoms with Crippen molar-refractivity contribution in [1.82, 2.24) is 20.1 Å². The van der Waals surface area contributed by atoms with Gasteiger partial charge in [0.2, 0.25) is 5.91 Å². The van der Waals surface area contributed by atoms with Gasteiger partial charge >= 0.3 is 12.2 Å². The molecule has 0 atom stereocenters. The van der Waals surface area contributed by atoms with E-state index in [1.54, 1.807) is 4.90 Å². The van der Waals surface area contributed by atoms with E-state index in [4.69, 9.17) is 0 Å². The highest BCUT2D eigenvalue weighted by Crippen LogP contribution is 2.29. The summed E-state index contributed by atoms with van der Waals surface area (Å²) < 4.78 is 39.0. The molecule has 0 fully saturated rings. The summed E-state index contributed by atoms with van der Waals surface area (Å²) in [6.07, 6.45) is -1.28. The third kappa shape index (κ3) is 8.00. The number of aromatic nitrogens is 1. The molecule has 0 aliphatic carbocycles. The predicted molar refractivity (Wildman–Crippen MR) is 139 cm³/mol. The second-order valence-electron chi connectivity index (χ2n) is 10.2. The van der Waals surface area contributed by atoms with Gasteiger partial charge in [0.25, 0.3) is 0 Å². The summed E-state index contributed by atoms with van der Waals surface area (Å²) in [6, 6.07) is 12.4. The number of para-hydroxylation sites is 1. The second kappa shape index (κ2) is 11.7. The van der Waals surface area contributed by atoms with E-state index in [1.165, 1.54) is 17.0 Å². The van der Waals surface area contributed by atoms with Crippen LogP contribution in [-0.2, 0) is 23.9 Å². The van der Waals surface area contributed by atoms with E-state index in [0.717, 1.165) is 28.6 Å². The number of benzene rings is 2. The van der Waals surface area contributed by atoms with Gasteiger partial charge in [-0.15, -0.1) is 0 Å². The number of halogens is 3. The topological polar surface area (TPSA) is 68.4 Å². The molecule has 3 rings (SSSR count). The molecule has 0 saturated carbocycles. The summed E-state index contributed by atoms with van der Waals surface area (Å²) in [4.78, 5) is 32.6. The van der Waals surface area contributed by atoms with E-state index in [2.05, 4.69) is 10.3 Å². The van der Waals surface area contributed by atoms with Crippen LogP contribution in [0.15, 0.2) is 54.7 Å². The van der Waals surface area contributed by atoms with Gasteiger partial charge in [0.05, 0.1) is 5.56 Å². The molecule has 0 aliphatic rings. The SMILES string of the molecule is CCCN(CC(=O)N(CCc1c[nH]c2ccccc12)Cc1ccc(C(F)(F)F)cc1)C(=O)NC(C)(C)C. The van der Waals surface area contributed by atoms with Gasteiger partial charge in [0.15, 0.2) is 0 Å². The van der Waals surface area contributed by atoms with Crippen molar-refractivity contribution in [2.75, 3.05) is 19.6 Å². The first-order valence-electron chi connectivity index (χ1n) is 12.4. The van der Waals surface area contributed by atoms with Crippen LogP contribution in [0, 0.1) is 0 Å². The molecule has 0 saturated heterocycles. The van der Waals surface area contributed by atoms with Crippen LogP contribution in [0.4, 0.5) is 18.0 Å². The van der Waals surface area contributed by atoms with E-state index >= 15 is 0 Å². The molecular formula is C28H35F3N4O2. The molecule has 6 nitrogen and oxygen atoms in total. The number of nitrogens with one attached hydrogen (secondary N) is 2. The molecule has 2 N–H and O–H groups in total. The lowest BCUT2D eigenvalue weighted by Crippen LogP contribution is -2.51. The highest BCUT2D eigenvalue weighted by atomic mass is 19.4. The third-order valence-electron chi connectivity index (χ3n) is 5.92. The summed E-state index contributed by atoms with van der Waals surface area (Å²) >= 11 is 0. The fraction of sp³-hybridized carbons (Fsp3) is 0.429. The van der Waals surface area contributed by atoms with Crippen molar-refractivity contribution in [3.63, 3.8) is 0 Å². The first-order valence-corrected chi connectivity index (χ1v) is 12.4. The van der Waals surface area contributed by atoms with Crippen LogP contribution in [0.3, 0.4) is 0 Å². The summed E-state index contributed by atoms with van der Waals surface area (Å²) in [5, 5.41) is 3.96. The molecule has 0 aliphatic heterocycles. The maximum Gasteiger partial charge on any atom is 0.416 e. The molecule has 0 bridgehead atoms. The first-order chi connectivity index (χ1) is 17.4. The first kappa shape index (κ1) is 28.1. The third-order valence-corrected chi connectivity index (χ3v) is 5.92. The molecule has 9 heteroatoms. The van der Waals surface area contributed by atoms with E-state index in [1.807, 2.05) is 58.2 Å². The number of amides is 3. The number of nitrogens with zero attached hydrogens (tertiary/aromatic N) is 2. The number of hydrogen-bond acceptors (Lipinski definition) is 2. The quantitative estimate of drug-likeness (QED) is 0.368. The van der Waals surface area contributed by atoms with Gasteiger partial charge in [-0.05, 0) is 62.9 Å². The Kier molecular flexibility index (Phi) is 8.89. The van der Waals surface area contributed by atoms with E-state index in [9.17, 15) is 22.8 Å². The van der Waals surface area contributed by atoms with Gasteiger partial charge in [0.1, 0.15) is 6.54 Å². The summed E-state index contributed by atoms with van der Waals surface area (Å²) in [6.45, 7) is 8.31. The second-order valence-corrected chi connectivity index (χ2v) is 10.2. The Hall–Kier alpha value is -3.49. The molecule has 1 heterocycles. The normalized spacial score (nSPS) is 12.0. The fourth-order valence-electron chi connectivity index (χ4n) is 4.09. The van der Waals surface area contributed by atoms with Crippen molar-refractivity contribution < 1.29 is 22.8 Å². The van der Waals surface area contributed by atoms with Gasteiger partial charge in [-0.3, -0.25) is 4.79 Å². The van der Waals surface area contributed by atoms with Crippen LogP contribution in [0.5, 0.6) is 0 Å². The van der Waals surface area contributed by atoms with Crippen molar-refractivity contribution in [1.29, 1.82) is 0 Å². The van der Waals surface area contributed by atoms with Crippen LogP contribution >= 0.6 is 0 Å². The van der Waals surface area contributed by atoms with Crippen LogP contribution < -0.4 is 5.32 Å². The Labute approximate surface area is 215 Å². The van der Waals surface area contributed by atoms with Gasteiger partial charge in [-0.2, -0.15) is 13.2 Å². The fourth-order valence-corrected chi connectivity index (χ4v) is 4.09. The van der Waals surface area contributed by atoms with Gasteiger partial charge in [0, 0.05) is 42.3 Å². The number of hydrogen-bond donors (Lipinski definition) is 2. The highest BCUT2D eigenvalue weighted by Gasteiger charge is 2.30. The molecule has 200 valence electrons. The van der Waals surface area contributed by atoms with Crippen LogP contribution in [0.2, 0.25) is 0 Å². The lowest BCUT2D eigenvalue weighted by Gasteiger charge is -2.30. The van der Waals surface area contributed by atoms with E-state index in [0.29, 0.717) is 31.5 Å². The molecule has 0 radical (unpaired) electrons. The maximum atomic E-state index is 13.5. The number of alkyl halides is 3. The van der Waals surface area contributed by atoms with Crippen LogP contribution in [-0.4, -0.2) is 51.9 Å². The summed E-state index contributed by atoms with van der Waals surface area (Å²) in [5.41, 5.74) is 1.42. The molecule has 0 unspecified atom stereocenters. The number of fused-ring (bicyclic) bond motifs is 1. The molecule has 1 aromatic heterocycles. The molecule has 2 aromatic carbocycles. The zero-order valence-corrected chi connectivity index (χ0v) is 21.8. The molecule has 0 spiro atoms. The van der Waals surface area contributed by atoms with E-state index < -0.39 is 17.3 Å². The Morgan fingerprint density at radius 2 is 1.62 bits per heavy atom. The minimum Gasteiger partial charge on any atom is -0.361 e. The van der Waals surface area contributed by atoms with Gasteiger partial charge in [-0.25, -0.2) is 4.79 Å². The lowest BCUT2D eigenvalue weighted by molar-refractivity contribution is -0.137. The summed E-state index contributed by atoms with van der Waals surface area (Å²) in [7, 11) is 0. The number of rotatable bonds is 9. The number of carbonyl (C=O) groups excluding carboxylic acids is 2. The van der Waals surface area contributed by atoms with Crippen molar-refractivity contribution in [3.05, 3.63) is 71.4 Å². The molecular weight excluding hydrogens is 481 g/mol. The van der Waals surface area contributed by atoms with Gasteiger partial charge < -0.3 is 20.1 Å². The standard InChI is InChI=1S/C28H35F3N4O2/c1-5-15-35(26(37)33-27(2,3)4)19-25(36)34(18-20-10-12-22(13-11-20)28(29,30)31)16-14-21-17-32-24-9-7-6-8-23(21)24/h6-13,17,32H,5,14-16,18-19H2,1-4H3,(H,33,37). The van der Waals surface area contributed by atoms with Crippen LogP contribution in [0.25, 0.3) is 10.9 Å². The number of H-pyrrole nitrogens is 1. The minimum absolute atomic E-state index is 0.121.